The van der Waals surface area contributed by atoms with Crippen molar-refractivity contribution in [3.05, 3.63) is 47.9 Å². The highest BCUT2D eigenvalue weighted by Gasteiger charge is 2.29. The highest BCUT2D eigenvalue weighted by molar-refractivity contribution is 5.98. The lowest BCUT2D eigenvalue weighted by Gasteiger charge is -2.34. The van der Waals surface area contributed by atoms with Crippen LogP contribution in [-0.4, -0.2) is 56.2 Å². The van der Waals surface area contributed by atoms with Gasteiger partial charge >= 0.3 is 0 Å². The second-order valence-corrected chi connectivity index (χ2v) is 6.58. The Morgan fingerprint density at radius 1 is 1.13 bits per heavy atom. The number of carbonyl (C=O) groups excluding carboxylic acids is 1. The minimum atomic E-state index is -0.139. The monoisotopic (exact) mass is 408 g/mol. The number of oxazole rings is 1. The van der Waals surface area contributed by atoms with Gasteiger partial charge in [0.15, 0.2) is 17.3 Å². The van der Waals surface area contributed by atoms with Crippen molar-refractivity contribution in [3.8, 4) is 29.2 Å². The molecular formula is C21H20N4O5. The fraction of sp³-hybridized carbons (Fsp3) is 0.286. The van der Waals surface area contributed by atoms with Crippen LogP contribution in [0.1, 0.15) is 16.1 Å². The number of anilines is 1. The summed E-state index contributed by atoms with van der Waals surface area (Å²) in [7, 11) is 3.04. The van der Waals surface area contributed by atoms with Crippen LogP contribution in [0.5, 0.6) is 11.5 Å². The number of furan rings is 1. The van der Waals surface area contributed by atoms with Crippen LogP contribution in [-0.2, 0) is 0 Å². The van der Waals surface area contributed by atoms with Crippen molar-refractivity contribution in [1.29, 1.82) is 5.26 Å². The van der Waals surface area contributed by atoms with E-state index in [1.807, 2.05) is 4.90 Å². The lowest BCUT2D eigenvalue weighted by molar-refractivity contribution is 0.0741. The van der Waals surface area contributed by atoms with E-state index in [4.69, 9.17) is 18.3 Å². The Morgan fingerprint density at radius 2 is 1.93 bits per heavy atom. The number of nitriles is 1. The van der Waals surface area contributed by atoms with Gasteiger partial charge in [-0.2, -0.15) is 10.2 Å². The molecule has 1 fully saturated rings. The lowest BCUT2D eigenvalue weighted by Crippen LogP contribution is -2.49. The van der Waals surface area contributed by atoms with Crippen LogP contribution in [0, 0.1) is 11.3 Å². The van der Waals surface area contributed by atoms with E-state index in [2.05, 4.69) is 11.1 Å². The Bertz CT molecular complexity index is 1080. The Kier molecular flexibility index (Phi) is 5.30. The standard InChI is InChI=1S/C21H20N4O5/c1-27-16-6-3-5-14(18(16)28-2)20(26)24-8-10-25(11-9-24)21-15(13-22)23-19(30-21)17-7-4-12-29-17/h3-7,12H,8-11H2,1-2H3. The number of carbonyl (C=O) groups is 1. The van der Waals surface area contributed by atoms with Crippen LogP contribution in [0.2, 0.25) is 0 Å². The molecule has 1 aromatic carbocycles. The van der Waals surface area contributed by atoms with Gasteiger partial charge in [0.2, 0.25) is 11.6 Å². The van der Waals surface area contributed by atoms with Crippen LogP contribution in [0.4, 0.5) is 5.88 Å². The molecule has 9 nitrogen and oxygen atoms in total. The summed E-state index contributed by atoms with van der Waals surface area (Å²) in [6, 6.07) is 10.7. The summed E-state index contributed by atoms with van der Waals surface area (Å²) in [5, 5.41) is 9.44. The van der Waals surface area contributed by atoms with Crippen molar-refractivity contribution in [1.82, 2.24) is 9.88 Å². The third-order valence-electron chi connectivity index (χ3n) is 4.93. The molecule has 3 aromatic rings. The Hall–Kier alpha value is -3.93. The molecule has 2 aromatic heterocycles. The molecule has 0 spiro atoms. The summed E-state index contributed by atoms with van der Waals surface area (Å²) in [6.07, 6.45) is 1.52. The molecule has 30 heavy (non-hydrogen) atoms. The van der Waals surface area contributed by atoms with E-state index in [1.54, 1.807) is 35.2 Å². The topological polar surface area (TPSA) is 105 Å². The summed E-state index contributed by atoms with van der Waals surface area (Å²) in [6.45, 7) is 1.92. The first-order chi connectivity index (χ1) is 14.7. The van der Waals surface area contributed by atoms with E-state index in [9.17, 15) is 10.1 Å². The van der Waals surface area contributed by atoms with E-state index in [0.29, 0.717) is 54.9 Å². The lowest BCUT2D eigenvalue weighted by atomic mass is 10.1. The highest BCUT2D eigenvalue weighted by Crippen LogP contribution is 2.32. The first-order valence-electron chi connectivity index (χ1n) is 9.36. The van der Waals surface area contributed by atoms with Gasteiger partial charge in [0.25, 0.3) is 11.8 Å². The van der Waals surface area contributed by atoms with Crippen molar-refractivity contribution < 1.29 is 23.1 Å². The molecule has 1 aliphatic rings. The maximum absolute atomic E-state index is 13.0. The molecule has 1 saturated heterocycles. The summed E-state index contributed by atoms with van der Waals surface area (Å²) in [5.41, 5.74) is 0.637. The molecular weight excluding hydrogens is 388 g/mol. The van der Waals surface area contributed by atoms with Gasteiger partial charge in [-0.25, -0.2) is 0 Å². The van der Waals surface area contributed by atoms with E-state index in [0.717, 1.165) is 0 Å². The highest BCUT2D eigenvalue weighted by atomic mass is 16.5. The third kappa shape index (κ3) is 3.43. The zero-order valence-electron chi connectivity index (χ0n) is 16.6. The normalized spacial score (nSPS) is 13.8. The van der Waals surface area contributed by atoms with Gasteiger partial charge in [-0.3, -0.25) is 4.79 Å². The van der Waals surface area contributed by atoms with Crippen LogP contribution < -0.4 is 14.4 Å². The van der Waals surface area contributed by atoms with Gasteiger partial charge in [-0.05, 0) is 24.3 Å². The first-order valence-corrected chi connectivity index (χ1v) is 9.36. The molecule has 3 heterocycles. The predicted octanol–water partition coefficient (Wildman–Crippen LogP) is 2.79. The van der Waals surface area contributed by atoms with Crippen molar-refractivity contribution in [2.45, 2.75) is 0 Å². The number of methoxy groups -OCH3 is 2. The number of amides is 1. The van der Waals surface area contributed by atoms with E-state index in [-0.39, 0.29) is 17.5 Å². The van der Waals surface area contributed by atoms with Gasteiger partial charge < -0.3 is 28.1 Å². The van der Waals surface area contributed by atoms with E-state index >= 15 is 0 Å². The SMILES string of the molecule is COc1cccc(C(=O)N2CCN(c3oc(-c4ccco4)nc3C#N)CC2)c1OC. The number of benzene rings is 1. The predicted molar refractivity (Wildman–Crippen MR) is 107 cm³/mol. The van der Waals surface area contributed by atoms with Crippen molar-refractivity contribution >= 4 is 11.8 Å². The molecule has 0 N–H and O–H groups in total. The second-order valence-electron chi connectivity index (χ2n) is 6.58. The summed E-state index contributed by atoms with van der Waals surface area (Å²) < 4.78 is 21.8. The van der Waals surface area contributed by atoms with E-state index < -0.39 is 0 Å². The molecule has 1 aliphatic heterocycles. The van der Waals surface area contributed by atoms with Crippen molar-refractivity contribution in [2.24, 2.45) is 0 Å². The maximum Gasteiger partial charge on any atom is 0.266 e. The maximum atomic E-state index is 13.0. The number of aromatic nitrogens is 1. The Labute approximate surface area is 173 Å². The fourth-order valence-electron chi connectivity index (χ4n) is 3.44. The summed E-state index contributed by atoms with van der Waals surface area (Å²) in [5.74, 6) is 1.88. The van der Waals surface area contributed by atoms with Crippen LogP contribution in [0.25, 0.3) is 11.7 Å². The average molecular weight is 408 g/mol. The Balaban J connectivity index is 1.50. The van der Waals surface area contributed by atoms with Crippen molar-refractivity contribution in [2.75, 3.05) is 45.3 Å². The summed E-state index contributed by atoms with van der Waals surface area (Å²) in [4.78, 5) is 20.9. The third-order valence-corrected chi connectivity index (χ3v) is 4.93. The largest absolute Gasteiger partial charge is 0.493 e. The average Bonchev–Trinajstić information content (AvgIpc) is 3.47. The minimum Gasteiger partial charge on any atom is -0.493 e. The zero-order valence-corrected chi connectivity index (χ0v) is 16.6. The first kappa shape index (κ1) is 19.4. The number of nitrogens with zero attached hydrogens (tertiary/aromatic N) is 4. The molecule has 0 aliphatic carbocycles. The molecule has 154 valence electrons. The van der Waals surface area contributed by atoms with E-state index in [1.165, 1.54) is 20.5 Å². The molecule has 9 heteroatoms. The number of piperazine rings is 1. The molecule has 0 radical (unpaired) electrons. The number of hydrogen-bond donors (Lipinski definition) is 0. The minimum absolute atomic E-state index is 0.139. The quantitative estimate of drug-likeness (QED) is 0.635. The molecule has 0 bridgehead atoms. The molecule has 4 rings (SSSR count). The smallest absolute Gasteiger partial charge is 0.266 e. The summed E-state index contributed by atoms with van der Waals surface area (Å²) >= 11 is 0. The Morgan fingerprint density at radius 3 is 2.57 bits per heavy atom. The van der Waals surface area contributed by atoms with Crippen LogP contribution in [0.3, 0.4) is 0 Å². The second kappa shape index (κ2) is 8.21. The van der Waals surface area contributed by atoms with Gasteiger partial charge in [-0.15, -0.1) is 0 Å². The molecule has 0 atom stereocenters. The van der Waals surface area contributed by atoms with Gasteiger partial charge in [0.05, 0.1) is 26.0 Å². The zero-order chi connectivity index (χ0) is 21.1. The molecule has 0 saturated carbocycles. The molecule has 0 unspecified atom stereocenters. The van der Waals surface area contributed by atoms with Crippen LogP contribution in [0.15, 0.2) is 45.4 Å². The van der Waals surface area contributed by atoms with Gasteiger partial charge in [0.1, 0.15) is 6.07 Å². The fourth-order valence-corrected chi connectivity index (χ4v) is 3.44. The number of para-hydroxylation sites is 1. The van der Waals surface area contributed by atoms with Crippen molar-refractivity contribution in [3.63, 3.8) is 0 Å². The molecule has 1 amide bonds. The van der Waals surface area contributed by atoms with Gasteiger partial charge in [-0.1, -0.05) is 6.07 Å². The number of ether oxygens (including phenoxy) is 2. The number of rotatable bonds is 5. The van der Waals surface area contributed by atoms with Gasteiger partial charge in [0, 0.05) is 26.2 Å². The van der Waals surface area contributed by atoms with Crippen LogP contribution >= 0.6 is 0 Å². The number of hydrogen-bond acceptors (Lipinski definition) is 8.